The number of hydrogen-bond acceptors (Lipinski definition) is 9. The maximum Gasteiger partial charge on any atom is 0.178 e. The number of aryl methyl sites for hydroxylation is 4. The quantitative estimate of drug-likeness (QED) is 0.233. The van der Waals surface area contributed by atoms with Crippen LogP contribution in [0.15, 0.2) is 93.5 Å². The number of benzene rings is 4. The zero-order chi connectivity index (χ0) is 36.7. The third-order valence-electron chi connectivity index (χ3n) is 6.56. The van der Waals surface area contributed by atoms with E-state index in [2.05, 4.69) is 6.07 Å². The Morgan fingerprint density at radius 2 is 0.958 bits per heavy atom. The van der Waals surface area contributed by atoms with E-state index >= 15 is 0 Å². The monoisotopic (exact) mass is 700 g/mol. The van der Waals surface area contributed by atoms with E-state index in [1.807, 2.05) is 62.4 Å². The smallest absolute Gasteiger partial charge is 0.178 e. The van der Waals surface area contributed by atoms with Gasteiger partial charge in [0.1, 0.15) is 0 Å². The zero-order valence-electron chi connectivity index (χ0n) is 27.8. The molecule has 12 heteroatoms. The van der Waals surface area contributed by atoms with Crippen LogP contribution >= 0.6 is 0 Å². The minimum Gasteiger partial charge on any atom is -0.255 e. The SMILES string of the molecule is CCS(=O)(=O)c1cc(C#N)ccc1C.Cc1ccc(C#N)cc1.Cc1ccc(C#N)cc1S(C)(=O)=O.Cc1ccc(C#N)cc1S(C)=O. The van der Waals surface area contributed by atoms with Crippen LogP contribution in [-0.2, 0) is 30.5 Å². The van der Waals surface area contributed by atoms with Crippen molar-refractivity contribution < 1.29 is 21.0 Å². The molecule has 1 unspecified atom stereocenters. The topological polar surface area (TPSA) is 181 Å². The lowest BCUT2D eigenvalue weighted by atomic mass is 10.2. The van der Waals surface area contributed by atoms with Gasteiger partial charge in [-0.15, -0.1) is 0 Å². The van der Waals surface area contributed by atoms with E-state index in [4.69, 9.17) is 21.0 Å². The molecule has 48 heavy (non-hydrogen) atoms. The highest BCUT2D eigenvalue weighted by atomic mass is 32.2. The number of rotatable bonds is 4. The first kappa shape index (κ1) is 40.9. The van der Waals surface area contributed by atoms with Gasteiger partial charge in [0, 0.05) is 17.4 Å². The van der Waals surface area contributed by atoms with Gasteiger partial charge in [-0.3, -0.25) is 4.21 Å². The minimum atomic E-state index is -3.22. The van der Waals surface area contributed by atoms with E-state index in [0.29, 0.717) is 27.8 Å². The fourth-order valence-electron chi connectivity index (χ4n) is 3.84. The Labute approximate surface area is 286 Å². The minimum absolute atomic E-state index is 0.0583. The first-order chi connectivity index (χ1) is 22.4. The molecule has 0 bridgehead atoms. The Bertz CT molecular complexity index is 2170. The van der Waals surface area contributed by atoms with Crippen molar-refractivity contribution in [3.8, 4) is 24.3 Å². The molecule has 4 rings (SSSR count). The molecule has 9 nitrogen and oxygen atoms in total. The molecule has 0 aliphatic carbocycles. The van der Waals surface area contributed by atoms with Gasteiger partial charge in [0.2, 0.25) is 0 Å². The average Bonchev–Trinajstić information content (AvgIpc) is 3.06. The Balaban J connectivity index is 0.000000323. The van der Waals surface area contributed by atoms with Gasteiger partial charge in [0.15, 0.2) is 19.7 Å². The van der Waals surface area contributed by atoms with Crippen LogP contribution in [0.1, 0.15) is 51.4 Å². The van der Waals surface area contributed by atoms with Crippen molar-refractivity contribution in [2.24, 2.45) is 0 Å². The molecule has 0 aromatic heterocycles. The normalized spacial score (nSPS) is 10.7. The predicted molar refractivity (Wildman–Crippen MR) is 187 cm³/mol. The van der Waals surface area contributed by atoms with E-state index in [1.54, 1.807) is 63.4 Å². The highest BCUT2D eigenvalue weighted by Crippen LogP contribution is 2.18. The first-order valence-corrected chi connectivity index (χ1v) is 19.3. The molecule has 0 saturated carbocycles. The Morgan fingerprint density at radius 1 is 0.583 bits per heavy atom. The molecule has 4 aromatic carbocycles. The summed E-state index contributed by atoms with van der Waals surface area (Å²) in [4.78, 5) is 1.24. The van der Waals surface area contributed by atoms with E-state index < -0.39 is 30.5 Å². The second kappa shape index (κ2) is 18.9. The highest BCUT2D eigenvalue weighted by Gasteiger charge is 2.15. The summed E-state index contributed by atoms with van der Waals surface area (Å²) in [5.41, 5.74) is 5.54. The van der Waals surface area contributed by atoms with Gasteiger partial charge in [-0.1, -0.05) is 42.8 Å². The van der Waals surface area contributed by atoms with Crippen molar-refractivity contribution in [3.63, 3.8) is 0 Å². The summed E-state index contributed by atoms with van der Waals surface area (Å²) in [5.74, 6) is 0.0583. The summed E-state index contributed by atoms with van der Waals surface area (Å²) < 4.78 is 56.7. The van der Waals surface area contributed by atoms with Crippen molar-refractivity contribution in [1.82, 2.24) is 0 Å². The lowest BCUT2D eigenvalue weighted by Crippen LogP contribution is -2.05. The van der Waals surface area contributed by atoms with Gasteiger partial charge in [0.25, 0.3) is 0 Å². The van der Waals surface area contributed by atoms with E-state index in [0.717, 1.165) is 22.3 Å². The average molecular weight is 701 g/mol. The van der Waals surface area contributed by atoms with Crippen LogP contribution in [0.25, 0.3) is 0 Å². The standard InChI is InChI=1S/C10H11NO2S.C9H9NO2S.C9H9NOS.C8H7N/c1-3-14(12,13)10-6-9(7-11)5-4-8(10)2;1-7-3-4-8(6-10)5-9(7)13(2,11)12;1-7-3-4-8(6-10)5-9(7)12(2)11;1-7-2-4-8(6-9)5-3-7/h4-6H,3H2,1-2H3;3-5H,1-2H3;3-5H,1-2H3;2-5H,1H3. The molecule has 0 N–H and O–H groups in total. The molecular weight excluding hydrogens is 665 g/mol. The van der Waals surface area contributed by atoms with E-state index in [-0.39, 0.29) is 15.5 Å². The number of nitrogens with zero attached hydrogens (tertiary/aromatic N) is 4. The highest BCUT2D eigenvalue weighted by molar-refractivity contribution is 7.91. The fraction of sp³-hybridized carbons (Fsp3) is 0.222. The zero-order valence-corrected chi connectivity index (χ0v) is 30.2. The van der Waals surface area contributed by atoms with Crippen LogP contribution in [0.3, 0.4) is 0 Å². The van der Waals surface area contributed by atoms with Crippen molar-refractivity contribution >= 4 is 30.5 Å². The second-order valence-electron chi connectivity index (χ2n) is 10.4. The van der Waals surface area contributed by atoms with E-state index in [1.165, 1.54) is 17.7 Å². The summed E-state index contributed by atoms with van der Waals surface area (Å²) >= 11 is 0. The fourth-order valence-corrected chi connectivity index (χ4v) is 6.82. The van der Waals surface area contributed by atoms with Crippen molar-refractivity contribution in [2.75, 3.05) is 18.3 Å². The largest absolute Gasteiger partial charge is 0.255 e. The summed E-state index contributed by atoms with van der Waals surface area (Å²) in [6, 6.07) is 29.9. The molecule has 0 amide bonds. The molecule has 0 spiro atoms. The van der Waals surface area contributed by atoms with Gasteiger partial charge in [-0.05, 0) is 92.9 Å². The van der Waals surface area contributed by atoms with Gasteiger partial charge in [-0.25, -0.2) is 16.8 Å². The van der Waals surface area contributed by atoms with E-state index in [9.17, 15) is 21.0 Å². The predicted octanol–water partition coefficient (Wildman–Crippen LogP) is 6.40. The molecular formula is C36H36N4O5S3. The van der Waals surface area contributed by atoms with Crippen LogP contribution in [0, 0.1) is 73.0 Å². The van der Waals surface area contributed by atoms with Crippen LogP contribution < -0.4 is 0 Å². The molecule has 0 aliphatic rings. The van der Waals surface area contributed by atoms with Gasteiger partial charge in [-0.2, -0.15) is 21.0 Å². The Kier molecular flexibility index (Phi) is 16.1. The number of sulfone groups is 2. The van der Waals surface area contributed by atoms with Gasteiger partial charge in [0.05, 0.1) is 72.9 Å². The third-order valence-corrected chi connectivity index (χ3v) is 10.7. The summed E-state index contributed by atoms with van der Waals surface area (Å²) in [7, 11) is -7.43. The maximum atomic E-state index is 11.6. The van der Waals surface area contributed by atoms with Crippen molar-refractivity contribution in [2.45, 2.75) is 49.3 Å². The molecule has 248 valence electrons. The number of nitriles is 4. The molecule has 1 atom stereocenters. The van der Waals surface area contributed by atoms with Crippen molar-refractivity contribution in [1.29, 1.82) is 21.0 Å². The molecule has 0 radical (unpaired) electrons. The lowest BCUT2D eigenvalue weighted by molar-refractivity contribution is 0.596. The van der Waals surface area contributed by atoms with Gasteiger partial charge >= 0.3 is 0 Å². The molecule has 0 fully saturated rings. The van der Waals surface area contributed by atoms with Crippen LogP contribution in [0.2, 0.25) is 0 Å². The summed E-state index contributed by atoms with van der Waals surface area (Å²) in [6.07, 6.45) is 2.75. The summed E-state index contributed by atoms with van der Waals surface area (Å²) in [6.45, 7) is 8.91. The molecule has 4 aromatic rings. The number of hydrogen-bond donors (Lipinski definition) is 0. The Hall–Kier alpha value is -5.11. The van der Waals surface area contributed by atoms with Crippen molar-refractivity contribution in [3.05, 3.63) is 123 Å². The summed E-state index contributed by atoms with van der Waals surface area (Å²) in [5, 5.41) is 34.2. The van der Waals surface area contributed by atoms with Crippen LogP contribution in [0.4, 0.5) is 0 Å². The molecule has 0 aliphatic heterocycles. The molecule has 0 heterocycles. The lowest BCUT2D eigenvalue weighted by Gasteiger charge is -2.05. The van der Waals surface area contributed by atoms with Crippen LogP contribution in [-0.4, -0.2) is 39.3 Å². The van der Waals surface area contributed by atoms with Gasteiger partial charge < -0.3 is 0 Å². The van der Waals surface area contributed by atoms with Crippen LogP contribution in [0.5, 0.6) is 0 Å². The molecule has 0 saturated heterocycles. The third kappa shape index (κ3) is 12.9. The Morgan fingerprint density at radius 3 is 1.35 bits per heavy atom. The second-order valence-corrected chi connectivity index (χ2v) is 16.0. The first-order valence-electron chi connectivity index (χ1n) is 14.2. The maximum absolute atomic E-state index is 11.6.